The fourth-order valence-electron chi connectivity index (χ4n) is 2.06. The fourth-order valence-corrected chi connectivity index (χ4v) is 2.06. The predicted octanol–water partition coefficient (Wildman–Crippen LogP) is 1.82. The van der Waals surface area contributed by atoms with Crippen molar-refractivity contribution in [1.29, 1.82) is 0 Å². The first-order valence-corrected chi connectivity index (χ1v) is 15.5. The minimum atomic E-state index is 0. The zero-order chi connectivity index (χ0) is 23.0. The van der Waals surface area contributed by atoms with Gasteiger partial charge in [-0.2, -0.15) is 24.3 Å². The summed E-state index contributed by atoms with van der Waals surface area (Å²) < 4.78 is 0. The molecule has 0 bridgehead atoms. The van der Waals surface area contributed by atoms with Gasteiger partial charge in [-0.3, -0.25) is 24.3 Å². The van der Waals surface area contributed by atoms with Crippen LogP contribution in [0.4, 0.5) is 0 Å². The van der Waals surface area contributed by atoms with Crippen molar-refractivity contribution in [2.24, 2.45) is 0 Å². The van der Waals surface area contributed by atoms with Crippen molar-refractivity contribution in [3.05, 3.63) is 95.2 Å². The van der Waals surface area contributed by atoms with Gasteiger partial charge in [-0.05, 0) is 0 Å². The third-order valence-electron chi connectivity index (χ3n) is 3.47. The molecule has 34 heavy (non-hydrogen) atoms. The van der Waals surface area contributed by atoms with Crippen molar-refractivity contribution in [3.8, 4) is 0 Å². The van der Waals surface area contributed by atoms with Gasteiger partial charge in [0.25, 0.3) is 0 Å². The molecule has 0 saturated carbocycles. The van der Waals surface area contributed by atoms with Crippen LogP contribution in [0.1, 0.15) is 53.4 Å². The molecule has 0 aromatic carbocycles. The summed E-state index contributed by atoms with van der Waals surface area (Å²) in [7, 11) is 1.50. The second-order valence-corrected chi connectivity index (χ2v) is 9.33. The maximum Gasteiger partial charge on any atom is 0.0213 e. The molecule has 4 aliphatic carbocycles. The van der Waals surface area contributed by atoms with E-state index in [1.165, 1.54) is 22.3 Å². The molecule has 0 fully saturated rings. The van der Waals surface area contributed by atoms with Crippen LogP contribution in [0, 0.1) is 24.3 Å². The van der Waals surface area contributed by atoms with Crippen LogP contribution in [-0.2, 0) is 51.7 Å². The number of hydrogen-bond acceptors (Lipinski definition) is 0. The van der Waals surface area contributed by atoms with Crippen molar-refractivity contribution in [3.63, 3.8) is 0 Å². The summed E-state index contributed by atoms with van der Waals surface area (Å²) in [5, 5.41) is 0. The van der Waals surface area contributed by atoms with E-state index in [9.17, 15) is 0 Å². The minimum absolute atomic E-state index is 0. The van der Waals surface area contributed by atoms with Gasteiger partial charge in [-0.25, -0.2) is 46.6 Å². The van der Waals surface area contributed by atoms with Crippen LogP contribution in [0.25, 0.3) is 0 Å². The van der Waals surface area contributed by atoms with E-state index in [4.69, 9.17) is 0 Å². The molecule has 0 unspecified atom stereocenters. The Labute approximate surface area is 267 Å². The summed E-state index contributed by atoms with van der Waals surface area (Å²) in [5.74, 6) is 0. The smallest absolute Gasteiger partial charge is 0.0213 e. The Bertz CT molecular complexity index is 547. The average Bonchev–Trinajstić information content (AvgIpc) is 3.49. The maximum absolute atomic E-state index is 3.12. The molecule has 0 spiro atoms. The summed E-state index contributed by atoms with van der Waals surface area (Å²) in [6.45, 7) is 17.1. The summed E-state index contributed by atoms with van der Waals surface area (Å²) in [5.41, 5.74) is 5.09. The van der Waals surface area contributed by atoms with Crippen LogP contribution in [-0.4, -0.2) is 19.0 Å². The summed E-state index contributed by atoms with van der Waals surface area (Å²) >= 11 is 0. The molecular formula is C28H42Cl2Hf2Si2-6. The van der Waals surface area contributed by atoms with Gasteiger partial charge in [0.2, 0.25) is 0 Å². The van der Waals surface area contributed by atoms with Gasteiger partial charge >= 0.3 is 0 Å². The molecule has 0 N–H and O–H groups in total. The zero-order valence-electron chi connectivity index (χ0n) is 22.4. The van der Waals surface area contributed by atoms with Gasteiger partial charge in [0.1, 0.15) is 0 Å². The van der Waals surface area contributed by atoms with Crippen LogP contribution in [0.2, 0.25) is 26.2 Å². The first-order chi connectivity index (χ1) is 14.4. The largest absolute Gasteiger partial charge is 1.00 e. The average molecular weight is 863 g/mol. The van der Waals surface area contributed by atoms with Crippen LogP contribution in [0.3, 0.4) is 0 Å². The Balaban J connectivity index is -0.0000000690. The Morgan fingerprint density at radius 2 is 0.618 bits per heavy atom. The van der Waals surface area contributed by atoms with E-state index in [0.717, 1.165) is 44.7 Å². The van der Waals surface area contributed by atoms with Crippen molar-refractivity contribution in [2.45, 2.75) is 79.6 Å². The first-order valence-electron chi connectivity index (χ1n) is 10.8. The van der Waals surface area contributed by atoms with E-state index < -0.39 is 0 Å². The van der Waals surface area contributed by atoms with E-state index in [1.807, 2.05) is 0 Å². The first kappa shape index (κ1) is 47.8. The van der Waals surface area contributed by atoms with E-state index >= 15 is 0 Å². The van der Waals surface area contributed by atoms with Crippen LogP contribution < -0.4 is 24.8 Å². The minimum Gasteiger partial charge on any atom is -1.00 e. The molecule has 4 aliphatic rings. The molecule has 2 radical (unpaired) electrons. The Kier molecular flexibility index (Phi) is 53.7. The quantitative estimate of drug-likeness (QED) is 0.258. The molecule has 0 aromatic rings. The van der Waals surface area contributed by atoms with Gasteiger partial charge < -0.3 is 24.8 Å². The summed E-state index contributed by atoms with van der Waals surface area (Å²) in [4.78, 5) is 0. The SMILES string of the molecule is CC1=[C-]CC=C1.CC1=[C-]CC=C1.CC1=[C-]CC=C1.CC1=[C-]CC=C1.C[SiH]C.C[SiH]C.[Cl-].[Cl-].[Hf].[Hf]. The number of halogens is 2. The topological polar surface area (TPSA) is 0 Å². The van der Waals surface area contributed by atoms with E-state index in [1.54, 1.807) is 0 Å². The summed E-state index contributed by atoms with van der Waals surface area (Å²) in [6, 6.07) is 0. The van der Waals surface area contributed by atoms with Crippen molar-refractivity contribution < 1.29 is 76.5 Å². The predicted molar refractivity (Wildman–Crippen MR) is 143 cm³/mol. The van der Waals surface area contributed by atoms with Gasteiger partial charge in [0.15, 0.2) is 0 Å². The third kappa shape index (κ3) is 39.9. The normalized spacial score (nSPS) is 14.1. The molecule has 0 nitrogen and oxygen atoms in total. The molecule has 0 aromatic heterocycles. The number of hydrogen-bond donors (Lipinski definition) is 0. The zero-order valence-corrected chi connectivity index (χ0v) is 33.4. The van der Waals surface area contributed by atoms with Crippen molar-refractivity contribution >= 4 is 19.0 Å². The maximum atomic E-state index is 3.12. The molecule has 0 heterocycles. The Morgan fingerprint density at radius 1 is 0.471 bits per heavy atom. The second-order valence-electron chi connectivity index (χ2n) is 7.02. The molecule has 190 valence electrons. The van der Waals surface area contributed by atoms with Crippen LogP contribution in [0.15, 0.2) is 70.9 Å². The van der Waals surface area contributed by atoms with E-state index in [0.29, 0.717) is 0 Å². The van der Waals surface area contributed by atoms with Crippen molar-refractivity contribution in [2.75, 3.05) is 0 Å². The monoisotopic (exact) mass is 864 g/mol. The molecule has 4 rings (SSSR count). The standard InChI is InChI=1S/4C6H7.2C2H7Si.2ClH.2Hf/c4*1-6-4-2-3-5-6;2*1-3-2;;;;/h4*2,4H,3H2,1H3;2*3H,1-2H3;2*1H;;/q4*-1;;;;;;/p-2. The number of rotatable bonds is 0. The van der Waals surface area contributed by atoms with Gasteiger partial charge in [-0.1, -0.05) is 53.9 Å². The molecule has 0 aliphatic heterocycles. The fraction of sp³-hybridized carbons (Fsp3) is 0.429. The molecular weight excluding hydrogens is 820 g/mol. The molecule has 6 heteroatoms. The van der Waals surface area contributed by atoms with Gasteiger partial charge in [0.05, 0.1) is 0 Å². The van der Waals surface area contributed by atoms with Gasteiger partial charge in [0, 0.05) is 70.7 Å². The van der Waals surface area contributed by atoms with Crippen molar-refractivity contribution in [1.82, 2.24) is 0 Å². The van der Waals surface area contributed by atoms with E-state index in [2.05, 4.69) is 127 Å². The van der Waals surface area contributed by atoms with Gasteiger partial charge in [-0.15, -0.1) is 25.7 Å². The summed E-state index contributed by atoms with van der Waals surface area (Å²) in [6.07, 6.45) is 33.3. The van der Waals surface area contributed by atoms with Crippen LogP contribution >= 0.6 is 0 Å². The Hall–Kier alpha value is 0.674. The second kappa shape index (κ2) is 38.2. The molecule has 0 atom stereocenters. The van der Waals surface area contributed by atoms with E-state index in [-0.39, 0.29) is 76.5 Å². The molecule has 0 amide bonds. The number of allylic oxidation sites excluding steroid dienone is 16. The molecule has 0 saturated heterocycles. The Morgan fingerprint density at radius 3 is 0.647 bits per heavy atom. The van der Waals surface area contributed by atoms with Crippen LogP contribution in [0.5, 0.6) is 0 Å². The third-order valence-corrected chi connectivity index (χ3v) is 3.47.